The molecule has 1 atom stereocenters. The lowest BCUT2D eigenvalue weighted by molar-refractivity contribution is 0.0858. The minimum Gasteiger partial charge on any atom is -0.311 e. The van der Waals surface area contributed by atoms with Gasteiger partial charge in [-0.25, -0.2) is 9.98 Å². The molecule has 2 aliphatic rings. The maximum atomic E-state index is 13.0. The summed E-state index contributed by atoms with van der Waals surface area (Å²) in [5, 5.41) is 2.83. The first-order valence-corrected chi connectivity index (χ1v) is 8.65. The molecule has 4 rings (SSSR count). The number of hydrogen-bond donors (Lipinski definition) is 1. The minimum atomic E-state index is -0.469. The van der Waals surface area contributed by atoms with Gasteiger partial charge < -0.3 is 10.2 Å². The molecule has 7 heteroatoms. The number of aliphatic imine (C=N–C) groups is 2. The van der Waals surface area contributed by atoms with Crippen LogP contribution in [0.4, 0.5) is 0 Å². The summed E-state index contributed by atoms with van der Waals surface area (Å²) < 4.78 is 0. The van der Waals surface area contributed by atoms with Gasteiger partial charge in [0.15, 0.2) is 6.17 Å². The van der Waals surface area contributed by atoms with E-state index >= 15 is 0 Å². The molecule has 0 radical (unpaired) electrons. The summed E-state index contributed by atoms with van der Waals surface area (Å²) in [7, 11) is 0. The first kappa shape index (κ1) is 17.4. The van der Waals surface area contributed by atoms with Crippen LogP contribution in [0.3, 0.4) is 0 Å². The number of rotatable bonds is 4. The van der Waals surface area contributed by atoms with Crippen LogP contribution < -0.4 is 5.32 Å². The summed E-state index contributed by atoms with van der Waals surface area (Å²) >= 11 is 0. The van der Waals surface area contributed by atoms with Gasteiger partial charge in [0.1, 0.15) is 17.9 Å². The summed E-state index contributed by atoms with van der Waals surface area (Å²) in [6, 6.07) is 17.6. The second kappa shape index (κ2) is 7.32. The Morgan fingerprint density at radius 1 is 0.964 bits per heavy atom. The highest BCUT2D eigenvalue weighted by molar-refractivity contribution is 6.04. The van der Waals surface area contributed by atoms with Gasteiger partial charge >= 0.3 is 0 Å². The summed E-state index contributed by atoms with van der Waals surface area (Å²) in [5.41, 5.74) is 1.42. The number of carbonyl (C=O) groups is 2. The van der Waals surface area contributed by atoms with Crippen LogP contribution in [0.25, 0.3) is 0 Å². The van der Waals surface area contributed by atoms with E-state index in [-0.39, 0.29) is 17.6 Å². The number of carbonyl (C=O) groups excluding carboxylic acids is 2. The van der Waals surface area contributed by atoms with Crippen molar-refractivity contribution in [3.8, 4) is 0 Å². The van der Waals surface area contributed by atoms with Crippen molar-refractivity contribution in [1.29, 1.82) is 0 Å². The molecular weight excluding hydrogens is 354 g/mol. The average molecular weight is 371 g/mol. The number of nitrogens with zero attached hydrogens (tertiary/aromatic N) is 4. The van der Waals surface area contributed by atoms with Crippen LogP contribution in [0.1, 0.15) is 20.7 Å². The van der Waals surface area contributed by atoms with E-state index in [1.807, 2.05) is 12.1 Å². The largest absolute Gasteiger partial charge is 0.311 e. The van der Waals surface area contributed by atoms with Crippen LogP contribution >= 0.6 is 0 Å². The second-order valence-electron chi connectivity index (χ2n) is 6.11. The predicted octanol–water partition coefficient (Wildman–Crippen LogP) is 2.58. The molecule has 0 saturated heterocycles. The van der Waals surface area contributed by atoms with E-state index in [1.165, 1.54) is 11.2 Å². The van der Waals surface area contributed by atoms with Crippen LogP contribution in [0.15, 0.2) is 94.9 Å². The van der Waals surface area contributed by atoms with Crippen molar-refractivity contribution in [2.24, 2.45) is 9.98 Å². The van der Waals surface area contributed by atoms with E-state index in [4.69, 9.17) is 0 Å². The van der Waals surface area contributed by atoms with E-state index < -0.39 is 6.17 Å². The molecule has 2 aliphatic heterocycles. The Kier molecular flexibility index (Phi) is 4.55. The van der Waals surface area contributed by atoms with Crippen LogP contribution in [0.5, 0.6) is 0 Å². The molecule has 138 valence electrons. The zero-order valence-electron chi connectivity index (χ0n) is 14.9. The minimum absolute atomic E-state index is 0.281. The van der Waals surface area contributed by atoms with Gasteiger partial charge in [0.2, 0.25) is 0 Å². The third-order valence-corrected chi connectivity index (χ3v) is 4.38. The van der Waals surface area contributed by atoms with Gasteiger partial charge in [0.25, 0.3) is 11.8 Å². The molecule has 1 unspecified atom stereocenters. The number of fused-ring (bicyclic) bond motifs is 1. The van der Waals surface area contributed by atoms with Crippen LogP contribution in [-0.2, 0) is 0 Å². The average Bonchev–Trinajstić information content (AvgIpc) is 3.18. The smallest absolute Gasteiger partial charge is 0.264 e. The molecule has 2 amide bonds. The summed E-state index contributed by atoms with van der Waals surface area (Å²) in [6.07, 6.45) is 4.10. The molecule has 0 bridgehead atoms. The summed E-state index contributed by atoms with van der Waals surface area (Å²) in [4.78, 5) is 37.5. The molecule has 2 aromatic rings. The molecule has 2 heterocycles. The van der Waals surface area contributed by atoms with Gasteiger partial charge in [-0.2, -0.15) is 0 Å². The third kappa shape index (κ3) is 3.09. The molecule has 0 fully saturated rings. The Morgan fingerprint density at radius 2 is 1.61 bits per heavy atom. The van der Waals surface area contributed by atoms with Crippen molar-refractivity contribution < 1.29 is 9.59 Å². The van der Waals surface area contributed by atoms with Crippen molar-refractivity contribution >= 4 is 24.5 Å². The topological polar surface area (TPSA) is 77.4 Å². The van der Waals surface area contributed by atoms with Crippen molar-refractivity contribution in [3.63, 3.8) is 0 Å². The highest BCUT2D eigenvalue weighted by atomic mass is 16.2. The number of hydrogen-bond acceptors (Lipinski definition) is 5. The lowest BCUT2D eigenvalue weighted by Crippen LogP contribution is -2.44. The van der Waals surface area contributed by atoms with E-state index in [9.17, 15) is 9.59 Å². The number of nitrogens with one attached hydrogen (secondary N) is 1. The Balaban J connectivity index is 1.72. The molecule has 7 nitrogen and oxygen atoms in total. The van der Waals surface area contributed by atoms with E-state index in [1.54, 1.807) is 66.0 Å². The molecular formula is C21H17N5O2. The molecule has 2 aromatic carbocycles. The Morgan fingerprint density at radius 3 is 2.25 bits per heavy atom. The Labute approximate surface area is 162 Å². The fourth-order valence-corrected chi connectivity index (χ4v) is 2.96. The highest BCUT2D eigenvalue weighted by Crippen LogP contribution is 2.27. The molecule has 0 spiro atoms. The highest BCUT2D eigenvalue weighted by Gasteiger charge is 2.35. The van der Waals surface area contributed by atoms with Crippen molar-refractivity contribution in [2.75, 3.05) is 0 Å². The molecule has 28 heavy (non-hydrogen) atoms. The fourth-order valence-electron chi connectivity index (χ4n) is 2.96. The summed E-state index contributed by atoms with van der Waals surface area (Å²) in [5.74, 6) is -0.371. The van der Waals surface area contributed by atoms with Crippen molar-refractivity contribution in [3.05, 3.63) is 96.1 Å². The zero-order chi connectivity index (χ0) is 19.5. The number of amides is 2. The van der Waals surface area contributed by atoms with Gasteiger partial charge in [-0.15, -0.1) is 0 Å². The van der Waals surface area contributed by atoms with Crippen LogP contribution in [0.2, 0.25) is 0 Å². The monoisotopic (exact) mass is 371 g/mol. The van der Waals surface area contributed by atoms with Crippen molar-refractivity contribution in [1.82, 2.24) is 15.1 Å². The predicted molar refractivity (Wildman–Crippen MR) is 106 cm³/mol. The lowest BCUT2D eigenvalue weighted by Gasteiger charge is -2.29. The molecule has 1 N–H and O–H groups in total. The molecule has 0 saturated carbocycles. The van der Waals surface area contributed by atoms with E-state index in [2.05, 4.69) is 21.9 Å². The first-order valence-electron chi connectivity index (χ1n) is 8.65. The maximum absolute atomic E-state index is 13.0. The van der Waals surface area contributed by atoms with Gasteiger partial charge in [-0.3, -0.25) is 14.5 Å². The van der Waals surface area contributed by atoms with Gasteiger partial charge in [-0.05, 0) is 24.3 Å². The standard InChI is InChI=1S/C21H17N5O2/c1-2-25-13-22-17-18(25)23-14-26(21(28)16-11-7-4-8-12-16)19(17)24-20(27)15-9-5-3-6-10-15/h2-14,18H,1H2,(H,24,27). The second-order valence-corrected chi connectivity index (χ2v) is 6.11. The zero-order valence-corrected chi connectivity index (χ0v) is 14.9. The maximum Gasteiger partial charge on any atom is 0.264 e. The van der Waals surface area contributed by atoms with Crippen molar-refractivity contribution in [2.45, 2.75) is 6.17 Å². The molecule has 0 aromatic heterocycles. The van der Waals surface area contributed by atoms with Crippen LogP contribution in [-0.4, -0.2) is 40.5 Å². The van der Waals surface area contributed by atoms with E-state index in [0.717, 1.165) is 0 Å². The first-order chi connectivity index (χ1) is 13.7. The number of benzene rings is 2. The van der Waals surface area contributed by atoms with Gasteiger partial charge in [0, 0.05) is 17.3 Å². The Hall–Kier alpha value is -4.00. The normalized spacial score (nSPS) is 17.5. The van der Waals surface area contributed by atoms with Gasteiger partial charge in [0.05, 0.1) is 6.34 Å². The Bertz CT molecular complexity index is 1010. The third-order valence-electron chi connectivity index (χ3n) is 4.38. The summed E-state index contributed by atoms with van der Waals surface area (Å²) in [6.45, 7) is 3.74. The van der Waals surface area contributed by atoms with Gasteiger partial charge in [-0.1, -0.05) is 43.0 Å². The van der Waals surface area contributed by atoms with E-state index in [0.29, 0.717) is 16.8 Å². The molecule has 0 aliphatic carbocycles. The lowest BCUT2D eigenvalue weighted by atomic mass is 10.1. The fraction of sp³-hybridized carbons (Fsp3) is 0.0476. The SMILES string of the molecule is C=CN1C=NC2=C(NC(=O)c3ccccc3)N(C(=O)c3ccccc3)C=NC21. The quantitative estimate of drug-likeness (QED) is 0.897. The van der Waals surface area contributed by atoms with Crippen LogP contribution in [0, 0.1) is 0 Å².